The third-order valence-corrected chi connectivity index (χ3v) is 4.13. The first-order chi connectivity index (χ1) is 9.26. The first-order valence-corrected chi connectivity index (χ1v) is 9.14. The Morgan fingerprint density at radius 1 is 1.45 bits per heavy atom. The van der Waals surface area contributed by atoms with Gasteiger partial charge in [-0.1, -0.05) is 13.0 Å². The van der Waals surface area contributed by atoms with Gasteiger partial charge in [0, 0.05) is 12.3 Å². The maximum absolute atomic E-state index is 11.7. The molecular weight excluding hydrogens is 279 g/mol. The molecule has 0 spiro atoms. The monoisotopic (exact) mass is 298 g/mol. The van der Waals surface area contributed by atoms with Crippen molar-refractivity contribution in [3.05, 3.63) is 45.0 Å². The predicted octanol–water partition coefficient (Wildman–Crippen LogP) is 1.60. The summed E-state index contributed by atoms with van der Waals surface area (Å²) in [5.74, 6) is 1.90. The van der Waals surface area contributed by atoms with E-state index in [1.807, 2.05) is 13.0 Å². The van der Waals surface area contributed by atoms with Crippen molar-refractivity contribution < 1.29 is 9.30 Å². The van der Waals surface area contributed by atoms with E-state index in [2.05, 4.69) is 4.98 Å². The lowest BCUT2D eigenvalue weighted by Gasteiger charge is -2.14. The molecule has 0 bridgehead atoms. The Morgan fingerprint density at radius 2 is 2.15 bits per heavy atom. The summed E-state index contributed by atoms with van der Waals surface area (Å²) in [4.78, 5) is 25.0. The van der Waals surface area contributed by atoms with Gasteiger partial charge in [0.25, 0.3) is 5.56 Å². The fraction of sp³-hybridized carbons (Fsp3) is 0.538. The van der Waals surface area contributed by atoms with Crippen molar-refractivity contribution in [1.82, 2.24) is 9.55 Å². The normalized spacial score (nSPS) is 27.2. The molecule has 0 radical (unpaired) electrons. The summed E-state index contributed by atoms with van der Waals surface area (Å²) in [5, 5.41) is 0. The van der Waals surface area contributed by atoms with E-state index in [9.17, 15) is 14.2 Å². The second kappa shape index (κ2) is 5.54. The number of nitrogens with one attached hydrogen (secondary N) is 1. The maximum Gasteiger partial charge on any atom is 0.330 e. The van der Waals surface area contributed by atoms with Crippen LogP contribution in [0.1, 0.15) is 19.6 Å². The zero-order valence-corrected chi connectivity index (χ0v) is 12.7. The molecule has 0 unspecified atom stereocenters. The van der Waals surface area contributed by atoms with Gasteiger partial charge in [0.05, 0.1) is 6.10 Å². The van der Waals surface area contributed by atoms with Crippen LogP contribution in [0.3, 0.4) is 0 Å². The van der Waals surface area contributed by atoms with Gasteiger partial charge in [0.15, 0.2) is 0 Å². The predicted molar refractivity (Wildman–Crippen MR) is 77.6 cm³/mol. The lowest BCUT2D eigenvalue weighted by molar-refractivity contribution is 0.0164. The van der Waals surface area contributed by atoms with Crippen LogP contribution in [-0.2, 0) is 9.30 Å². The van der Waals surface area contributed by atoms with Gasteiger partial charge in [-0.2, -0.15) is 0 Å². The van der Waals surface area contributed by atoms with Crippen LogP contribution in [0.5, 0.6) is 0 Å². The van der Waals surface area contributed by atoms with E-state index in [1.54, 1.807) is 19.1 Å². The minimum atomic E-state index is -2.23. The molecule has 1 fully saturated rings. The third-order valence-electron chi connectivity index (χ3n) is 3.24. The van der Waals surface area contributed by atoms with Gasteiger partial charge in [0.2, 0.25) is 0 Å². The quantitative estimate of drug-likeness (QED) is 0.859. The summed E-state index contributed by atoms with van der Waals surface area (Å²) in [6, 6.07) is 1.30. The second-order valence-corrected chi connectivity index (χ2v) is 8.73. The smallest absolute Gasteiger partial charge is 0.330 e. The molecule has 0 amide bonds. The number of aromatic nitrogens is 2. The minimum Gasteiger partial charge on any atom is -0.350 e. The summed E-state index contributed by atoms with van der Waals surface area (Å²) >= 11 is 0. The molecule has 1 saturated heterocycles. The largest absolute Gasteiger partial charge is 0.350 e. The summed E-state index contributed by atoms with van der Waals surface area (Å²) in [6.45, 7) is 5.39. The number of hydrogen-bond acceptors (Lipinski definition) is 4. The average molecular weight is 298 g/mol. The first kappa shape index (κ1) is 15.0. The molecule has 110 valence electrons. The van der Waals surface area contributed by atoms with Crippen LogP contribution >= 0.6 is 7.14 Å². The number of nitrogens with zero attached hydrogens (tertiary/aromatic N) is 1. The van der Waals surface area contributed by atoms with Crippen LogP contribution in [0.15, 0.2) is 33.7 Å². The molecule has 0 saturated carbocycles. The Bertz CT molecular complexity index is 669. The van der Waals surface area contributed by atoms with E-state index in [0.29, 0.717) is 6.42 Å². The molecule has 2 rings (SSSR count). The van der Waals surface area contributed by atoms with Gasteiger partial charge in [0.1, 0.15) is 13.4 Å². The lowest BCUT2D eigenvalue weighted by atomic mass is 10.0. The number of hydrogen-bond donors (Lipinski definition) is 1. The second-order valence-electron chi connectivity index (χ2n) is 5.56. The maximum atomic E-state index is 11.7. The van der Waals surface area contributed by atoms with Gasteiger partial charge in [-0.25, -0.2) is 4.79 Å². The third kappa shape index (κ3) is 3.58. The summed E-state index contributed by atoms with van der Waals surface area (Å²) in [7, 11) is -2.23. The topological polar surface area (TPSA) is 81.2 Å². The fourth-order valence-electron chi connectivity index (χ4n) is 2.18. The fourth-order valence-corrected chi connectivity index (χ4v) is 2.77. The van der Waals surface area contributed by atoms with Gasteiger partial charge >= 0.3 is 5.69 Å². The van der Waals surface area contributed by atoms with E-state index in [0.717, 1.165) is 0 Å². The van der Waals surface area contributed by atoms with Crippen LogP contribution in [0.4, 0.5) is 0 Å². The van der Waals surface area contributed by atoms with Crippen molar-refractivity contribution in [3.8, 4) is 0 Å². The highest BCUT2D eigenvalue weighted by Gasteiger charge is 2.32. The van der Waals surface area contributed by atoms with Gasteiger partial charge in [-0.3, -0.25) is 14.3 Å². The number of aromatic amines is 1. The van der Waals surface area contributed by atoms with E-state index in [4.69, 9.17) is 4.74 Å². The summed E-state index contributed by atoms with van der Waals surface area (Å²) in [6.07, 6.45) is 3.33. The van der Waals surface area contributed by atoms with Crippen molar-refractivity contribution in [2.45, 2.75) is 25.7 Å². The minimum absolute atomic E-state index is 0.174. The van der Waals surface area contributed by atoms with E-state index in [-0.39, 0.29) is 12.0 Å². The standard InChI is InChI=1S/C13H19N2O4P/c1-9-8-12(15-6-4-11(16)14-13(15)17)19-10(9)5-7-20(2,3)18/h4-7,9-10,12H,8H2,1-3H3,(H,14,16,17)/b7-5+/t9-,10+,12+/m0/s1. The highest BCUT2D eigenvalue weighted by atomic mass is 31.2. The zero-order valence-electron chi connectivity index (χ0n) is 11.8. The Balaban J connectivity index is 2.18. The molecule has 1 N–H and O–H groups in total. The molecule has 0 aliphatic carbocycles. The van der Waals surface area contributed by atoms with Crippen molar-refractivity contribution >= 4 is 7.14 Å². The molecule has 1 aromatic heterocycles. The van der Waals surface area contributed by atoms with E-state index < -0.39 is 24.6 Å². The zero-order chi connectivity index (χ0) is 14.9. The number of rotatable bonds is 3. The molecular formula is C13H19N2O4P. The molecule has 6 nitrogen and oxygen atoms in total. The number of ether oxygens (including phenoxy) is 1. The van der Waals surface area contributed by atoms with Crippen LogP contribution in [0.25, 0.3) is 0 Å². The van der Waals surface area contributed by atoms with Crippen LogP contribution in [0.2, 0.25) is 0 Å². The van der Waals surface area contributed by atoms with E-state index in [1.165, 1.54) is 16.8 Å². The Morgan fingerprint density at radius 3 is 2.75 bits per heavy atom. The van der Waals surface area contributed by atoms with Crippen molar-refractivity contribution in [3.63, 3.8) is 0 Å². The lowest BCUT2D eigenvalue weighted by Crippen LogP contribution is -2.31. The van der Waals surface area contributed by atoms with Crippen molar-refractivity contribution in [2.75, 3.05) is 13.3 Å². The summed E-state index contributed by atoms with van der Waals surface area (Å²) < 4.78 is 18.9. The molecule has 2 heterocycles. The van der Waals surface area contributed by atoms with Crippen molar-refractivity contribution in [2.24, 2.45) is 5.92 Å². The molecule has 1 aliphatic rings. The van der Waals surface area contributed by atoms with Gasteiger partial charge in [-0.05, 0) is 31.5 Å². The van der Waals surface area contributed by atoms with Gasteiger partial charge < -0.3 is 9.30 Å². The molecule has 20 heavy (non-hydrogen) atoms. The van der Waals surface area contributed by atoms with E-state index >= 15 is 0 Å². The molecule has 0 aromatic carbocycles. The Kier molecular flexibility index (Phi) is 4.16. The van der Waals surface area contributed by atoms with Crippen molar-refractivity contribution in [1.29, 1.82) is 0 Å². The first-order valence-electron chi connectivity index (χ1n) is 6.47. The highest BCUT2D eigenvalue weighted by molar-refractivity contribution is 7.65. The average Bonchev–Trinajstić information content (AvgIpc) is 2.67. The molecule has 7 heteroatoms. The summed E-state index contributed by atoms with van der Waals surface area (Å²) in [5.41, 5.74) is -0.900. The Hall–Kier alpha value is -1.39. The highest BCUT2D eigenvalue weighted by Crippen LogP contribution is 2.40. The van der Waals surface area contributed by atoms with Crippen LogP contribution in [-0.4, -0.2) is 29.0 Å². The van der Waals surface area contributed by atoms with Crippen LogP contribution in [0, 0.1) is 5.92 Å². The van der Waals surface area contributed by atoms with Crippen LogP contribution < -0.4 is 11.2 Å². The molecule has 3 atom stereocenters. The Labute approximate surface area is 116 Å². The number of H-pyrrole nitrogens is 1. The SMILES string of the molecule is C[C@H]1C[C@H](n2ccc(=O)[nH]c2=O)O[C@@H]1/C=C/P(C)(C)=O. The van der Waals surface area contributed by atoms with Gasteiger partial charge in [-0.15, -0.1) is 0 Å². The molecule has 1 aromatic rings. The molecule has 1 aliphatic heterocycles.